The third kappa shape index (κ3) is 4.07. The number of aromatic amines is 1. The van der Waals surface area contributed by atoms with Gasteiger partial charge in [-0.05, 0) is 55.3 Å². The number of likely N-dealkylation sites (tertiary alicyclic amines) is 1. The van der Waals surface area contributed by atoms with Crippen molar-refractivity contribution in [2.24, 2.45) is 0 Å². The molecular formula is C21H22F2N4O2. The van der Waals surface area contributed by atoms with Crippen LogP contribution in [0.15, 0.2) is 42.6 Å². The zero-order valence-electron chi connectivity index (χ0n) is 16.0. The molecule has 6 nitrogen and oxygen atoms in total. The van der Waals surface area contributed by atoms with Gasteiger partial charge in [-0.15, -0.1) is 0 Å². The van der Waals surface area contributed by atoms with Crippen molar-refractivity contribution in [2.75, 3.05) is 25.5 Å². The van der Waals surface area contributed by atoms with E-state index in [1.807, 2.05) is 23.1 Å². The molecule has 0 bridgehead atoms. The number of carbonyl (C=O) groups excluding carboxylic acids is 1. The van der Waals surface area contributed by atoms with Gasteiger partial charge in [-0.25, -0.2) is 13.6 Å². The zero-order valence-corrected chi connectivity index (χ0v) is 16.0. The molecule has 152 valence electrons. The van der Waals surface area contributed by atoms with E-state index in [4.69, 9.17) is 4.74 Å². The van der Waals surface area contributed by atoms with Gasteiger partial charge in [0.25, 0.3) is 0 Å². The van der Waals surface area contributed by atoms with Crippen molar-refractivity contribution in [3.63, 3.8) is 0 Å². The number of piperidine rings is 1. The summed E-state index contributed by atoms with van der Waals surface area (Å²) in [5.41, 5.74) is 2.31. The Morgan fingerprint density at radius 2 is 2.14 bits per heavy atom. The number of hydrogen-bond acceptors (Lipinski definition) is 5. The van der Waals surface area contributed by atoms with Crippen LogP contribution in [0.1, 0.15) is 24.4 Å². The molecule has 3 aromatic rings. The van der Waals surface area contributed by atoms with Gasteiger partial charge in [-0.1, -0.05) is 6.07 Å². The van der Waals surface area contributed by atoms with Gasteiger partial charge in [0.1, 0.15) is 6.04 Å². The summed E-state index contributed by atoms with van der Waals surface area (Å²) in [6.45, 7) is 1.24. The average Bonchev–Trinajstić information content (AvgIpc) is 3.19. The molecule has 0 aliphatic carbocycles. The second kappa shape index (κ2) is 8.16. The molecule has 0 radical (unpaired) electrons. The highest BCUT2D eigenvalue weighted by Crippen LogP contribution is 2.28. The third-order valence-corrected chi connectivity index (χ3v) is 5.31. The lowest BCUT2D eigenvalue weighted by atomic mass is 9.99. The lowest BCUT2D eigenvalue weighted by molar-refractivity contribution is -0.147. The molecule has 1 aliphatic rings. The Morgan fingerprint density at radius 1 is 1.28 bits per heavy atom. The van der Waals surface area contributed by atoms with E-state index in [-0.39, 0.29) is 6.04 Å². The number of ether oxygens (including phenoxy) is 1. The van der Waals surface area contributed by atoms with Gasteiger partial charge < -0.3 is 10.1 Å². The number of rotatable bonds is 5. The van der Waals surface area contributed by atoms with Crippen LogP contribution < -0.4 is 5.32 Å². The molecule has 0 saturated carbocycles. The maximum absolute atomic E-state index is 13.8. The largest absolute Gasteiger partial charge is 0.468 e. The standard InChI is InChI=1S/C21H22F2N4O2/c1-29-21(28)20(13-4-6-17(22)18(23)10-13)27-8-2-3-16(12-27)25-15-5-7-19-14(9-15)11-24-26-19/h4-7,9-11,16,20,25H,2-3,8,12H2,1H3,(H,24,26). The van der Waals surface area contributed by atoms with Crippen LogP contribution in [0.5, 0.6) is 0 Å². The van der Waals surface area contributed by atoms with Crippen molar-refractivity contribution >= 4 is 22.6 Å². The summed E-state index contributed by atoms with van der Waals surface area (Å²) in [5.74, 6) is -2.40. The van der Waals surface area contributed by atoms with Crippen LogP contribution in [0.4, 0.5) is 14.5 Å². The van der Waals surface area contributed by atoms with Crippen LogP contribution >= 0.6 is 0 Å². The maximum atomic E-state index is 13.8. The van der Waals surface area contributed by atoms with E-state index in [2.05, 4.69) is 15.5 Å². The molecule has 0 spiro atoms. The van der Waals surface area contributed by atoms with Crippen LogP contribution in [-0.4, -0.2) is 47.3 Å². The zero-order chi connectivity index (χ0) is 20.4. The van der Waals surface area contributed by atoms with Crippen molar-refractivity contribution in [2.45, 2.75) is 24.9 Å². The van der Waals surface area contributed by atoms with Crippen molar-refractivity contribution in [1.82, 2.24) is 15.1 Å². The third-order valence-electron chi connectivity index (χ3n) is 5.31. The summed E-state index contributed by atoms with van der Waals surface area (Å²) in [6.07, 6.45) is 3.57. The molecule has 1 saturated heterocycles. The highest BCUT2D eigenvalue weighted by atomic mass is 19.2. The molecule has 1 aromatic heterocycles. The van der Waals surface area contributed by atoms with Crippen LogP contribution in [-0.2, 0) is 9.53 Å². The van der Waals surface area contributed by atoms with Crippen LogP contribution in [0.2, 0.25) is 0 Å². The Kier molecular flexibility index (Phi) is 5.44. The minimum Gasteiger partial charge on any atom is -0.468 e. The lowest BCUT2D eigenvalue weighted by Gasteiger charge is -2.37. The van der Waals surface area contributed by atoms with E-state index >= 15 is 0 Å². The van der Waals surface area contributed by atoms with E-state index in [1.165, 1.54) is 13.2 Å². The number of halogens is 2. The highest BCUT2D eigenvalue weighted by molar-refractivity contribution is 5.81. The molecule has 29 heavy (non-hydrogen) atoms. The first-order chi connectivity index (χ1) is 14.0. The van der Waals surface area contributed by atoms with Crippen LogP contribution in [0.3, 0.4) is 0 Å². The number of aromatic nitrogens is 2. The summed E-state index contributed by atoms with van der Waals surface area (Å²) in [7, 11) is 1.30. The molecule has 2 N–H and O–H groups in total. The number of fused-ring (bicyclic) bond motifs is 1. The fourth-order valence-electron chi connectivity index (χ4n) is 3.92. The first kappa shape index (κ1) is 19.3. The van der Waals surface area contributed by atoms with Gasteiger partial charge in [-0.2, -0.15) is 5.10 Å². The second-order valence-electron chi connectivity index (χ2n) is 7.25. The van der Waals surface area contributed by atoms with E-state index in [0.717, 1.165) is 41.6 Å². The smallest absolute Gasteiger partial charge is 0.327 e. The van der Waals surface area contributed by atoms with Gasteiger partial charge in [0.2, 0.25) is 0 Å². The Morgan fingerprint density at radius 3 is 2.93 bits per heavy atom. The maximum Gasteiger partial charge on any atom is 0.327 e. The molecule has 8 heteroatoms. The molecule has 2 aromatic carbocycles. The second-order valence-corrected chi connectivity index (χ2v) is 7.25. The molecule has 4 rings (SSSR count). The van der Waals surface area contributed by atoms with Crippen LogP contribution in [0, 0.1) is 11.6 Å². The Balaban J connectivity index is 1.53. The summed E-state index contributed by atoms with van der Waals surface area (Å²) < 4.78 is 32.1. The van der Waals surface area contributed by atoms with Gasteiger partial charge >= 0.3 is 5.97 Å². The normalized spacial score (nSPS) is 18.5. The molecular weight excluding hydrogens is 378 g/mol. The Labute approximate surface area is 166 Å². The Bertz CT molecular complexity index is 1020. The van der Waals surface area contributed by atoms with Crippen LogP contribution in [0.25, 0.3) is 10.9 Å². The summed E-state index contributed by atoms with van der Waals surface area (Å²) in [4.78, 5) is 14.4. The van der Waals surface area contributed by atoms with Crippen molar-refractivity contribution < 1.29 is 18.3 Å². The van der Waals surface area contributed by atoms with Gasteiger partial charge in [0, 0.05) is 23.7 Å². The van der Waals surface area contributed by atoms with Gasteiger partial charge in [0.05, 0.1) is 18.8 Å². The van der Waals surface area contributed by atoms with Gasteiger partial charge in [0.15, 0.2) is 11.6 Å². The summed E-state index contributed by atoms with van der Waals surface area (Å²) >= 11 is 0. The minimum absolute atomic E-state index is 0.102. The predicted octanol–water partition coefficient (Wildman–Crippen LogP) is 3.63. The fraction of sp³-hybridized carbons (Fsp3) is 0.333. The van der Waals surface area contributed by atoms with E-state index in [0.29, 0.717) is 18.7 Å². The minimum atomic E-state index is -0.975. The van der Waals surface area contributed by atoms with Crippen molar-refractivity contribution in [3.8, 4) is 0 Å². The SMILES string of the molecule is COC(=O)C(c1ccc(F)c(F)c1)N1CCCC(Nc2ccc3[nH]ncc3c2)C1. The van der Waals surface area contributed by atoms with Gasteiger partial charge in [-0.3, -0.25) is 10.00 Å². The molecule has 2 atom stereocenters. The number of esters is 1. The molecule has 1 fully saturated rings. The van der Waals surface area contributed by atoms with E-state index in [9.17, 15) is 13.6 Å². The number of hydrogen-bond donors (Lipinski definition) is 2. The summed E-state index contributed by atoms with van der Waals surface area (Å²) in [6, 6.07) is 8.83. The lowest BCUT2D eigenvalue weighted by Crippen LogP contribution is -2.46. The quantitative estimate of drug-likeness (QED) is 0.640. The van der Waals surface area contributed by atoms with E-state index in [1.54, 1.807) is 6.20 Å². The molecule has 2 heterocycles. The molecule has 2 unspecified atom stereocenters. The molecule has 1 aliphatic heterocycles. The number of nitrogens with zero attached hydrogens (tertiary/aromatic N) is 2. The Hall–Kier alpha value is -3.00. The fourth-order valence-corrected chi connectivity index (χ4v) is 3.92. The number of H-pyrrole nitrogens is 1. The number of benzene rings is 2. The molecule has 0 amide bonds. The number of anilines is 1. The first-order valence-electron chi connectivity index (χ1n) is 9.51. The predicted molar refractivity (Wildman–Crippen MR) is 105 cm³/mol. The average molecular weight is 400 g/mol. The van der Waals surface area contributed by atoms with Crippen molar-refractivity contribution in [1.29, 1.82) is 0 Å². The topological polar surface area (TPSA) is 70.2 Å². The number of nitrogens with one attached hydrogen (secondary N) is 2. The first-order valence-corrected chi connectivity index (χ1v) is 9.51. The number of carbonyl (C=O) groups is 1. The number of methoxy groups -OCH3 is 1. The van der Waals surface area contributed by atoms with Crippen molar-refractivity contribution in [3.05, 3.63) is 59.8 Å². The van der Waals surface area contributed by atoms with E-state index < -0.39 is 23.6 Å². The highest BCUT2D eigenvalue weighted by Gasteiger charge is 2.33. The monoisotopic (exact) mass is 400 g/mol. The summed E-state index contributed by atoms with van der Waals surface area (Å²) in [5, 5.41) is 11.5.